The first-order valence-electron chi connectivity index (χ1n) is 6.67. The first-order chi connectivity index (χ1) is 9.56. The molecule has 0 saturated heterocycles. The number of aromatic nitrogens is 3. The van der Waals surface area contributed by atoms with E-state index in [0.717, 1.165) is 35.1 Å². The molecule has 2 aromatic heterocycles. The van der Waals surface area contributed by atoms with Crippen LogP contribution in [0, 0.1) is 0 Å². The Labute approximate surface area is 128 Å². The number of pyridine rings is 1. The molecule has 4 nitrogen and oxygen atoms in total. The number of nitrogens with two attached hydrogens (primary N) is 1. The highest BCUT2D eigenvalue weighted by Gasteiger charge is 2.18. The molecular formula is C14H18Cl2N4. The molecule has 0 amide bonds. The van der Waals surface area contributed by atoms with Crippen molar-refractivity contribution in [2.45, 2.75) is 39.3 Å². The van der Waals surface area contributed by atoms with Crippen LogP contribution in [0.2, 0.25) is 10.0 Å². The van der Waals surface area contributed by atoms with Crippen LogP contribution in [0.25, 0.3) is 0 Å². The summed E-state index contributed by atoms with van der Waals surface area (Å²) in [6, 6.07) is 3.41. The molecule has 6 heteroatoms. The number of aryl methyl sites for hydroxylation is 2. The van der Waals surface area contributed by atoms with Crippen molar-refractivity contribution in [3.8, 4) is 0 Å². The Morgan fingerprint density at radius 3 is 2.60 bits per heavy atom. The maximum Gasteiger partial charge on any atom is 0.0850 e. The summed E-state index contributed by atoms with van der Waals surface area (Å²) in [6.07, 6.45) is 3.02. The zero-order valence-electron chi connectivity index (χ0n) is 11.6. The Hall–Kier alpha value is -1.10. The van der Waals surface area contributed by atoms with Crippen molar-refractivity contribution in [3.05, 3.63) is 45.5 Å². The first-order valence-corrected chi connectivity index (χ1v) is 7.43. The van der Waals surface area contributed by atoms with E-state index < -0.39 is 0 Å². The molecule has 20 heavy (non-hydrogen) atoms. The number of hydrogen-bond acceptors (Lipinski definition) is 3. The van der Waals surface area contributed by atoms with E-state index in [-0.39, 0.29) is 6.04 Å². The van der Waals surface area contributed by atoms with Crippen LogP contribution in [0.5, 0.6) is 0 Å². The van der Waals surface area contributed by atoms with E-state index in [4.69, 9.17) is 28.9 Å². The summed E-state index contributed by atoms with van der Waals surface area (Å²) in [4.78, 5) is 4.26. The van der Waals surface area contributed by atoms with Crippen molar-refractivity contribution in [1.82, 2.24) is 14.8 Å². The molecule has 2 N–H and O–H groups in total. The molecule has 0 aromatic carbocycles. The lowest BCUT2D eigenvalue weighted by Crippen LogP contribution is -2.17. The van der Waals surface area contributed by atoms with E-state index in [2.05, 4.69) is 10.1 Å². The lowest BCUT2D eigenvalue weighted by molar-refractivity contribution is 0.580. The van der Waals surface area contributed by atoms with Crippen molar-refractivity contribution in [2.75, 3.05) is 0 Å². The van der Waals surface area contributed by atoms with Crippen molar-refractivity contribution >= 4 is 23.2 Å². The highest BCUT2D eigenvalue weighted by Crippen LogP contribution is 2.25. The number of halogens is 2. The third kappa shape index (κ3) is 3.14. The van der Waals surface area contributed by atoms with Gasteiger partial charge in [-0.05, 0) is 25.5 Å². The van der Waals surface area contributed by atoms with Gasteiger partial charge in [-0.3, -0.25) is 9.67 Å². The Morgan fingerprint density at radius 1 is 1.30 bits per heavy atom. The minimum absolute atomic E-state index is 0.225. The van der Waals surface area contributed by atoms with Crippen LogP contribution in [0.3, 0.4) is 0 Å². The van der Waals surface area contributed by atoms with Gasteiger partial charge in [0, 0.05) is 19.2 Å². The lowest BCUT2D eigenvalue weighted by Gasteiger charge is -2.12. The van der Waals surface area contributed by atoms with Gasteiger partial charge in [0.2, 0.25) is 0 Å². The Bertz CT molecular complexity index is 578. The standard InChI is InChI=1S/C14H18Cl2N4/c1-3-11-14(16)13(20(4-2)19-11)7-10(17)12-6-5-9(15)8-18-12/h5-6,8,10H,3-4,7,17H2,1-2H3. The average Bonchev–Trinajstić information content (AvgIpc) is 2.76. The Balaban J connectivity index is 2.25. The van der Waals surface area contributed by atoms with Crippen LogP contribution in [-0.2, 0) is 19.4 Å². The van der Waals surface area contributed by atoms with Crippen LogP contribution in [0.1, 0.15) is 37.0 Å². The lowest BCUT2D eigenvalue weighted by atomic mass is 10.1. The largest absolute Gasteiger partial charge is 0.322 e. The zero-order chi connectivity index (χ0) is 14.7. The predicted octanol–water partition coefficient (Wildman–Crippen LogP) is 3.41. The molecule has 0 aliphatic heterocycles. The van der Waals surface area contributed by atoms with E-state index in [1.807, 2.05) is 24.6 Å². The number of rotatable bonds is 5. The van der Waals surface area contributed by atoms with Crippen LogP contribution < -0.4 is 5.73 Å². The molecule has 2 heterocycles. The molecule has 0 aliphatic carbocycles. The first kappa shape index (κ1) is 15.3. The summed E-state index contributed by atoms with van der Waals surface area (Å²) in [5.41, 5.74) is 8.90. The summed E-state index contributed by atoms with van der Waals surface area (Å²) in [5.74, 6) is 0. The fourth-order valence-corrected chi connectivity index (χ4v) is 2.59. The van der Waals surface area contributed by atoms with Gasteiger partial charge in [0.05, 0.1) is 33.2 Å². The third-order valence-corrected chi connectivity index (χ3v) is 3.90. The second-order valence-electron chi connectivity index (χ2n) is 4.59. The summed E-state index contributed by atoms with van der Waals surface area (Å²) in [5, 5.41) is 5.82. The van der Waals surface area contributed by atoms with E-state index in [1.54, 1.807) is 12.3 Å². The number of nitrogens with zero attached hydrogens (tertiary/aromatic N) is 3. The third-order valence-electron chi connectivity index (χ3n) is 3.24. The monoisotopic (exact) mass is 312 g/mol. The molecule has 1 atom stereocenters. The van der Waals surface area contributed by atoms with Crippen LogP contribution in [0.15, 0.2) is 18.3 Å². The quantitative estimate of drug-likeness (QED) is 0.920. The molecule has 2 aromatic rings. The molecule has 0 bridgehead atoms. The van der Waals surface area contributed by atoms with Crippen molar-refractivity contribution in [2.24, 2.45) is 5.73 Å². The maximum absolute atomic E-state index is 6.38. The van der Waals surface area contributed by atoms with Gasteiger partial charge >= 0.3 is 0 Å². The normalized spacial score (nSPS) is 12.7. The van der Waals surface area contributed by atoms with Crippen molar-refractivity contribution < 1.29 is 0 Å². The molecule has 2 rings (SSSR count). The van der Waals surface area contributed by atoms with Crippen LogP contribution in [-0.4, -0.2) is 14.8 Å². The maximum atomic E-state index is 6.38. The van der Waals surface area contributed by atoms with Gasteiger partial charge in [-0.2, -0.15) is 5.10 Å². The zero-order valence-corrected chi connectivity index (χ0v) is 13.1. The Kier molecular flexibility index (Phi) is 5.02. The second-order valence-corrected chi connectivity index (χ2v) is 5.40. The molecule has 108 valence electrons. The van der Waals surface area contributed by atoms with Gasteiger partial charge in [0.1, 0.15) is 0 Å². The van der Waals surface area contributed by atoms with Gasteiger partial charge in [-0.1, -0.05) is 30.1 Å². The highest BCUT2D eigenvalue weighted by molar-refractivity contribution is 6.32. The topological polar surface area (TPSA) is 56.7 Å². The van der Waals surface area contributed by atoms with Gasteiger partial charge in [0.15, 0.2) is 0 Å². The summed E-state index contributed by atoms with van der Waals surface area (Å²) >= 11 is 12.2. The van der Waals surface area contributed by atoms with E-state index >= 15 is 0 Å². The minimum atomic E-state index is -0.225. The van der Waals surface area contributed by atoms with Gasteiger partial charge in [0.25, 0.3) is 0 Å². The van der Waals surface area contributed by atoms with Crippen LogP contribution >= 0.6 is 23.2 Å². The molecule has 0 fully saturated rings. The molecule has 0 saturated carbocycles. The van der Waals surface area contributed by atoms with Crippen molar-refractivity contribution in [1.29, 1.82) is 0 Å². The predicted molar refractivity (Wildman–Crippen MR) is 82.2 cm³/mol. The molecule has 0 radical (unpaired) electrons. The fraction of sp³-hybridized carbons (Fsp3) is 0.429. The average molecular weight is 313 g/mol. The summed E-state index contributed by atoms with van der Waals surface area (Å²) < 4.78 is 1.91. The second kappa shape index (κ2) is 6.57. The molecular weight excluding hydrogens is 295 g/mol. The highest BCUT2D eigenvalue weighted by atomic mass is 35.5. The molecule has 1 unspecified atom stereocenters. The van der Waals surface area contributed by atoms with Gasteiger partial charge in [-0.15, -0.1) is 0 Å². The summed E-state index contributed by atoms with van der Waals surface area (Å²) in [6.45, 7) is 4.85. The number of hydrogen-bond donors (Lipinski definition) is 1. The van der Waals surface area contributed by atoms with Gasteiger partial charge in [-0.25, -0.2) is 0 Å². The summed E-state index contributed by atoms with van der Waals surface area (Å²) in [7, 11) is 0. The van der Waals surface area contributed by atoms with Crippen LogP contribution in [0.4, 0.5) is 0 Å². The van der Waals surface area contributed by atoms with E-state index in [9.17, 15) is 0 Å². The Morgan fingerprint density at radius 2 is 2.05 bits per heavy atom. The SMILES string of the molecule is CCc1nn(CC)c(CC(N)c2ccc(Cl)cn2)c1Cl. The fourth-order valence-electron chi connectivity index (χ4n) is 2.13. The smallest absolute Gasteiger partial charge is 0.0850 e. The van der Waals surface area contributed by atoms with Gasteiger partial charge < -0.3 is 5.73 Å². The van der Waals surface area contributed by atoms with E-state index in [1.165, 1.54) is 0 Å². The molecule has 0 aliphatic rings. The van der Waals surface area contributed by atoms with Crippen molar-refractivity contribution in [3.63, 3.8) is 0 Å². The van der Waals surface area contributed by atoms with E-state index in [0.29, 0.717) is 11.4 Å². The minimum Gasteiger partial charge on any atom is -0.322 e. The molecule has 0 spiro atoms.